The number of hydrogen-bond acceptors (Lipinski definition) is 5. The second-order valence-electron chi connectivity index (χ2n) is 4.56. The van der Waals surface area contributed by atoms with E-state index < -0.39 is 5.97 Å². The van der Waals surface area contributed by atoms with Gasteiger partial charge in [-0.05, 0) is 25.5 Å². The molecule has 1 atom stereocenters. The molecule has 2 N–H and O–H groups in total. The normalized spacial score (nSPS) is 12.2. The molecule has 0 saturated carbocycles. The zero-order valence-electron chi connectivity index (χ0n) is 11.7. The molecule has 2 aromatic heterocycles. The third kappa shape index (κ3) is 2.93. The quantitative estimate of drug-likeness (QED) is 0.861. The predicted molar refractivity (Wildman–Crippen MR) is 73.6 cm³/mol. The van der Waals surface area contributed by atoms with Gasteiger partial charge in [0.15, 0.2) is 5.82 Å². The number of carboxylic acid groups (broad SMARTS) is 1. The maximum Gasteiger partial charge on any atom is 0.335 e. The van der Waals surface area contributed by atoms with Gasteiger partial charge in [0, 0.05) is 12.7 Å². The Labute approximate surface area is 116 Å². The van der Waals surface area contributed by atoms with Crippen LogP contribution in [0.25, 0.3) is 0 Å². The SMILES string of the molecule is CCc1cc(C(=O)O)cc(NC(C)c2nncn2C)n1. The van der Waals surface area contributed by atoms with E-state index in [0.717, 1.165) is 11.5 Å². The fourth-order valence-electron chi connectivity index (χ4n) is 1.94. The molecular weight excluding hydrogens is 258 g/mol. The van der Waals surface area contributed by atoms with Crippen LogP contribution in [0.5, 0.6) is 0 Å². The highest BCUT2D eigenvalue weighted by Gasteiger charge is 2.14. The molecule has 0 aliphatic carbocycles. The summed E-state index contributed by atoms with van der Waals surface area (Å²) in [6.07, 6.45) is 2.29. The second-order valence-corrected chi connectivity index (χ2v) is 4.56. The van der Waals surface area contributed by atoms with E-state index in [1.807, 2.05) is 20.9 Å². The molecule has 2 heterocycles. The van der Waals surface area contributed by atoms with Gasteiger partial charge >= 0.3 is 5.97 Å². The Kier molecular flexibility index (Phi) is 3.97. The van der Waals surface area contributed by atoms with Crippen LogP contribution < -0.4 is 5.32 Å². The number of nitrogens with one attached hydrogen (secondary N) is 1. The zero-order chi connectivity index (χ0) is 14.7. The van der Waals surface area contributed by atoms with Gasteiger partial charge in [0.2, 0.25) is 0 Å². The molecule has 0 fully saturated rings. The van der Waals surface area contributed by atoms with Crippen molar-refractivity contribution in [2.24, 2.45) is 7.05 Å². The molecule has 0 aliphatic rings. The van der Waals surface area contributed by atoms with Crippen LogP contribution in [-0.4, -0.2) is 30.8 Å². The lowest BCUT2D eigenvalue weighted by atomic mass is 10.2. The average molecular weight is 275 g/mol. The maximum atomic E-state index is 11.1. The van der Waals surface area contributed by atoms with Gasteiger partial charge in [-0.15, -0.1) is 10.2 Å². The molecule has 0 aromatic carbocycles. The molecule has 7 nitrogen and oxygen atoms in total. The number of rotatable bonds is 5. The number of anilines is 1. The van der Waals surface area contributed by atoms with Crippen molar-refractivity contribution in [2.75, 3.05) is 5.32 Å². The molecule has 106 valence electrons. The van der Waals surface area contributed by atoms with Gasteiger partial charge in [-0.25, -0.2) is 9.78 Å². The largest absolute Gasteiger partial charge is 0.478 e. The molecule has 0 bridgehead atoms. The van der Waals surface area contributed by atoms with Gasteiger partial charge in [-0.2, -0.15) is 0 Å². The lowest BCUT2D eigenvalue weighted by molar-refractivity contribution is 0.0696. The van der Waals surface area contributed by atoms with E-state index in [2.05, 4.69) is 20.5 Å². The first kappa shape index (κ1) is 14.0. The maximum absolute atomic E-state index is 11.1. The number of nitrogens with zero attached hydrogens (tertiary/aromatic N) is 4. The van der Waals surface area contributed by atoms with Crippen LogP contribution in [0.4, 0.5) is 5.82 Å². The Hall–Kier alpha value is -2.44. The van der Waals surface area contributed by atoms with Crippen molar-refractivity contribution in [1.29, 1.82) is 0 Å². The Morgan fingerprint density at radius 2 is 2.25 bits per heavy atom. The third-order valence-electron chi connectivity index (χ3n) is 2.99. The monoisotopic (exact) mass is 275 g/mol. The Morgan fingerprint density at radius 3 is 2.80 bits per heavy atom. The Balaban J connectivity index is 2.26. The van der Waals surface area contributed by atoms with Crippen molar-refractivity contribution in [2.45, 2.75) is 26.3 Å². The minimum atomic E-state index is -0.962. The minimum Gasteiger partial charge on any atom is -0.478 e. The molecule has 0 spiro atoms. The van der Waals surface area contributed by atoms with Crippen LogP contribution in [0, 0.1) is 0 Å². The summed E-state index contributed by atoms with van der Waals surface area (Å²) in [6, 6.07) is 2.98. The number of aromatic nitrogens is 4. The van der Waals surface area contributed by atoms with Crippen LogP contribution in [0.3, 0.4) is 0 Å². The first-order valence-electron chi connectivity index (χ1n) is 6.36. The lowest BCUT2D eigenvalue weighted by Crippen LogP contribution is -2.14. The smallest absolute Gasteiger partial charge is 0.335 e. The van der Waals surface area contributed by atoms with E-state index in [-0.39, 0.29) is 11.6 Å². The number of aryl methyl sites for hydroxylation is 2. The summed E-state index contributed by atoms with van der Waals surface area (Å²) in [7, 11) is 1.85. The third-order valence-corrected chi connectivity index (χ3v) is 2.99. The van der Waals surface area contributed by atoms with Crippen molar-refractivity contribution in [3.63, 3.8) is 0 Å². The highest BCUT2D eigenvalue weighted by Crippen LogP contribution is 2.17. The number of carbonyl (C=O) groups is 1. The van der Waals surface area contributed by atoms with Gasteiger partial charge in [0.25, 0.3) is 0 Å². The lowest BCUT2D eigenvalue weighted by Gasteiger charge is -2.14. The van der Waals surface area contributed by atoms with Crippen molar-refractivity contribution in [3.8, 4) is 0 Å². The van der Waals surface area contributed by atoms with E-state index in [1.54, 1.807) is 17.0 Å². The van der Waals surface area contributed by atoms with E-state index in [9.17, 15) is 4.79 Å². The molecule has 2 aromatic rings. The highest BCUT2D eigenvalue weighted by atomic mass is 16.4. The van der Waals surface area contributed by atoms with Crippen molar-refractivity contribution in [1.82, 2.24) is 19.7 Å². The van der Waals surface area contributed by atoms with E-state index in [4.69, 9.17) is 5.11 Å². The van der Waals surface area contributed by atoms with Crippen LogP contribution in [0.15, 0.2) is 18.5 Å². The van der Waals surface area contributed by atoms with E-state index in [0.29, 0.717) is 12.2 Å². The zero-order valence-corrected chi connectivity index (χ0v) is 11.7. The van der Waals surface area contributed by atoms with Crippen LogP contribution in [0.2, 0.25) is 0 Å². The van der Waals surface area contributed by atoms with Crippen molar-refractivity contribution in [3.05, 3.63) is 35.5 Å². The van der Waals surface area contributed by atoms with Gasteiger partial charge in [-0.1, -0.05) is 6.92 Å². The molecule has 7 heteroatoms. The second kappa shape index (κ2) is 5.68. The van der Waals surface area contributed by atoms with E-state index in [1.165, 1.54) is 6.07 Å². The number of carboxylic acids is 1. The fourth-order valence-corrected chi connectivity index (χ4v) is 1.94. The first-order valence-corrected chi connectivity index (χ1v) is 6.36. The summed E-state index contributed by atoms with van der Waals surface area (Å²) in [5, 5.41) is 20.1. The number of hydrogen-bond donors (Lipinski definition) is 2. The number of pyridine rings is 1. The van der Waals surface area contributed by atoms with Crippen molar-refractivity contribution < 1.29 is 9.90 Å². The summed E-state index contributed by atoms with van der Waals surface area (Å²) < 4.78 is 1.81. The van der Waals surface area contributed by atoms with Gasteiger partial charge < -0.3 is 15.0 Å². The molecule has 20 heavy (non-hydrogen) atoms. The summed E-state index contributed by atoms with van der Waals surface area (Å²) in [6.45, 7) is 3.86. The minimum absolute atomic E-state index is 0.122. The van der Waals surface area contributed by atoms with Crippen LogP contribution >= 0.6 is 0 Å². The average Bonchev–Trinajstić information content (AvgIpc) is 2.84. The molecule has 0 amide bonds. The Bertz CT molecular complexity index is 623. The standard InChI is InChI=1S/C13H17N5O2/c1-4-10-5-9(13(19)20)6-11(16-10)15-8(2)12-17-14-7-18(12)3/h5-8H,4H2,1-3H3,(H,15,16)(H,19,20). The van der Waals surface area contributed by atoms with Gasteiger partial charge in [-0.3, -0.25) is 0 Å². The first-order chi connectivity index (χ1) is 9.51. The number of aromatic carboxylic acids is 1. The molecule has 0 radical (unpaired) electrons. The van der Waals surface area contributed by atoms with Crippen LogP contribution in [-0.2, 0) is 13.5 Å². The topological polar surface area (TPSA) is 92.9 Å². The Morgan fingerprint density at radius 1 is 1.50 bits per heavy atom. The van der Waals surface area contributed by atoms with E-state index >= 15 is 0 Å². The molecule has 0 aliphatic heterocycles. The summed E-state index contributed by atoms with van der Waals surface area (Å²) in [5.41, 5.74) is 0.960. The molecule has 0 saturated heterocycles. The summed E-state index contributed by atoms with van der Waals surface area (Å²) >= 11 is 0. The molecule has 1 unspecified atom stereocenters. The van der Waals surface area contributed by atoms with Gasteiger partial charge in [0.1, 0.15) is 12.1 Å². The van der Waals surface area contributed by atoms with Crippen molar-refractivity contribution >= 4 is 11.8 Å². The van der Waals surface area contributed by atoms with Crippen LogP contribution in [0.1, 0.15) is 41.8 Å². The fraction of sp³-hybridized carbons (Fsp3) is 0.385. The summed E-state index contributed by atoms with van der Waals surface area (Å²) in [5.74, 6) is 0.319. The molecular formula is C13H17N5O2. The molecule has 2 rings (SSSR count). The predicted octanol–water partition coefficient (Wildman–Crippen LogP) is 1.64. The highest BCUT2D eigenvalue weighted by molar-refractivity contribution is 5.88. The van der Waals surface area contributed by atoms with Gasteiger partial charge in [0.05, 0.1) is 11.6 Å². The summed E-state index contributed by atoms with van der Waals surface area (Å²) in [4.78, 5) is 15.5.